The second-order valence-electron chi connectivity index (χ2n) is 2.29. The van der Waals surface area contributed by atoms with E-state index in [4.69, 9.17) is 11.8 Å². The SMILES string of the molecule is [C-]#[N+]c1nc(C)c(C#N)nc1C. The summed E-state index contributed by atoms with van der Waals surface area (Å²) in [6, 6.07) is 1.91. The minimum absolute atomic E-state index is 0.270. The van der Waals surface area contributed by atoms with Crippen molar-refractivity contribution in [3.8, 4) is 6.07 Å². The lowest BCUT2D eigenvalue weighted by Gasteiger charge is -1.96. The largest absolute Gasteiger partial charge is 0.359 e. The van der Waals surface area contributed by atoms with E-state index in [1.807, 2.05) is 6.07 Å². The molecular formula is C8H6N4. The van der Waals surface area contributed by atoms with Gasteiger partial charge in [-0.25, -0.2) is 4.98 Å². The quantitative estimate of drug-likeness (QED) is 0.538. The molecule has 0 atom stereocenters. The van der Waals surface area contributed by atoms with E-state index < -0.39 is 0 Å². The summed E-state index contributed by atoms with van der Waals surface area (Å²) in [6.07, 6.45) is 0. The fourth-order valence-electron chi connectivity index (χ4n) is 0.803. The zero-order valence-electron chi connectivity index (χ0n) is 6.79. The third-order valence-electron chi connectivity index (χ3n) is 1.43. The van der Waals surface area contributed by atoms with Crippen LogP contribution in [0, 0.1) is 31.8 Å². The number of nitrogens with zero attached hydrogens (tertiary/aromatic N) is 4. The number of hydrogen-bond donors (Lipinski definition) is 0. The fraction of sp³-hybridized carbons (Fsp3) is 0.250. The van der Waals surface area contributed by atoms with Crippen molar-refractivity contribution in [2.45, 2.75) is 13.8 Å². The molecule has 0 aromatic carbocycles. The van der Waals surface area contributed by atoms with Gasteiger partial charge in [-0.1, -0.05) is 6.57 Å². The summed E-state index contributed by atoms with van der Waals surface area (Å²) >= 11 is 0. The molecule has 12 heavy (non-hydrogen) atoms. The molecule has 4 nitrogen and oxygen atoms in total. The molecule has 0 aliphatic rings. The second kappa shape index (κ2) is 2.98. The number of rotatable bonds is 0. The van der Waals surface area contributed by atoms with Crippen molar-refractivity contribution in [2.24, 2.45) is 0 Å². The Balaban J connectivity index is 3.41. The van der Waals surface area contributed by atoms with Crippen LogP contribution in [0.2, 0.25) is 0 Å². The summed E-state index contributed by atoms with van der Waals surface area (Å²) in [5, 5.41) is 8.58. The molecule has 58 valence electrons. The highest BCUT2D eigenvalue weighted by Gasteiger charge is 2.08. The van der Waals surface area contributed by atoms with E-state index in [2.05, 4.69) is 14.8 Å². The Morgan fingerprint density at radius 2 is 2.00 bits per heavy atom. The first-order chi connectivity index (χ1) is 5.69. The predicted octanol–water partition coefficient (Wildman–Crippen LogP) is 1.52. The lowest BCUT2D eigenvalue weighted by Crippen LogP contribution is -1.95. The molecule has 0 N–H and O–H groups in total. The Morgan fingerprint density at radius 3 is 2.50 bits per heavy atom. The van der Waals surface area contributed by atoms with Gasteiger partial charge in [0.2, 0.25) is 0 Å². The highest BCUT2D eigenvalue weighted by Crippen LogP contribution is 2.14. The van der Waals surface area contributed by atoms with Crippen LogP contribution >= 0.6 is 0 Å². The molecule has 1 aromatic heterocycles. The van der Waals surface area contributed by atoms with Crippen LogP contribution in [0.25, 0.3) is 4.85 Å². The molecule has 4 heteroatoms. The molecule has 0 aliphatic carbocycles. The van der Waals surface area contributed by atoms with E-state index in [0.29, 0.717) is 17.1 Å². The van der Waals surface area contributed by atoms with Crippen LogP contribution in [0.4, 0.5) is 5.82 Å². The molecule has 1 rings (SSSR count). The van der Waals surface area contributed by atoms with Gasteiger partial charge in [-0.05, 0) is 6.92 Å². The Bertz CT molecular complexity index is 355. The molecule has 0 saturated heterocycles. The molecule has 0 amide bonds. The lowest BCUT2D eigenvalue weighted by atomic mass is 10.3. The molecular weight excluding hydrogens is 152 g/mol. The van der Waals surface area contributed by atoms with E-state index in [9.17, 15) is 0 Å². The van der Waals surface area contributed by atoms with Gasteiger partial charge in [0.1, 0.15) is 6.07 Å². The van der Waals surface area contributed by atoms with E-state index in [1.54, 1.807) is 13.8 Å². The lowest BCUT2D eigenvalue weighted by molar-refractivity contribution is 1.05. The van der Waals surface area contributed by atoms with Crippen molar-refractivity contribution < 1.29 is 0 Å². The van der Waals surface area contributed by atoms with Gasteiger partial charge < -0.3 is 4.85 Å². The Labute approximate surface area is 70.3 Å². The summed E-state index contributed by atoms with van der Waals surface area (Å²) in [4.78, 5) is 11.0. The predicted molar refractivity (Wildman–Crippen MR) is 42.5 cm³/mol. The van der Waals surface area contributed by atoms with E-state index in [-0.39, 0.29) is 5.82 Å². The monoisotopic (exact) mass is 158 g/mol. The van der Waals surface area contributed by atoms with Gasteiger partial charge in [0, 0.05) is 6.92 Å². The van der Waals surface area contributed by atoms with Crippen LogP contribution in [0.3, 0.4) is 0 Å². The average Bonchev–Trinajstić information content (AvgIpc) is 2.08. The number of nitriles is 1. The first kappa shape index (κ1) is 8.16. The highest BCUT2D eigenvalue weighted by atomic mass is 14.9. The fourth-order valence-corrected chi connectivity index (χ4v) is 0.803. The van der Waals surface area contributed by atoms with Gasteiger partial charge in [0.25, 0.3) is 5.82 Å². The first-order valence-electron chi connectivity index (χ1n) is 3.32. The first-order valence-corrected chi connectivity index (χ1v) is 3.32. The zero-order valence-corrected chi connectivity index (χ0v) is 6.79. The minimum atomic E-state index is 0.270. The summed E-state index contributed by atoms with van der Waals surface area (Å²) < 4.78 is 0. The van der Waals surface area contributed by atoms with Crippen LogP contribution in [-0.4, -0.2) is 9.97 Å². The van der Waals surface area contributed by atoms with Crippen molar-refractivity contribution in [2.75, 3.05) is 0 Å². The average molecular weight is 158 g/mol. The Morgan fingerprint density at radius 1 is 1.33 bits per heavy atom. The third-order valence-corrected chi connectivity index (χ3v) is 1.43. The number of aromatic nitrogens is 2. The van der Waals surface area contributed by atoms with Crippen molar-refractivity contribution in [3.05, 3.63) is 28.5 Å². The standard InChI is InChI=1S/C8H6N4/c1-5-7(4-9)11-6(2)8(10-3)12-5/h1-2H3. The van der Waals surface area contributed by atoms with Crippen LogP contribution in [0.5, 0.6) is 0 Å². The van der Waals surface area contributed by atoms with Gasteiger partial charge in [-0.2, -0.15) is 5.26 Å². The summed E-state index contributed by atoms with van der Waals surface area (Å²) in [5.74, 6) is 0.270. The molecule has 1 heterocycles. The van der Waals surface area contributed by atoms with E-state index in [0.717, 1.165) is 0 Å². The van der Waals surface area contributed by atoms with Crippen LogP contribution in [-0.2, 0) is 0 Å². The maximum absolute atomic E-state index is 8.58. The molecule has 0 fully saturated rings. The van der Waals surface area contributed by atoms with Crippen LogP contribution in [0.1, 0.15) is 17.1 Å². The minimum Gasteiger partial charge on any atom is -0.359 e. The zero-order chi connectivity index (χ0) is 9.14. The topological polar surface area (TPSA) is 53.9 Å². The van der Waals surface area contributed by atoms with Gasteiger partial charge in [0.15, 0.2) is 11.4 Å². The Hall–Kier alpha value is -1.94. The normalized spacial score (nSPS) is 8.67. The van der Waals surface area contributed by atoms with Gasteiger partial charge in [-0.15, -0.1) is 4.98 Å². The maximum Gasteiger partial charge on any atom is 0.291 e. The number of hydrogen-bond acceptors (Lipinski definition) is 3. The van der Waals surface area contributed by atoms with E-state index in [1.165, 1.54) is 0 Å². The summed E-state index contributed by atoms with van der Waals surface area (Å²) in [5.41, 5.74) is 1.31. The van der Waals surface area contributed by atoms with Crippen molar-refractivity contribution in [3.63, 3.8) is 0 Å². The van der Waals surface area contributed by atoms with Crippen LogP contribution in [0.15, 0.2) is 0 Å². The van der Waals surface area contributed by atoms with Crippen molar-refractivity contribution >= 4 is 5.82 Å². The third kappa shape index (κ3) is 1.23. The molecule has 0 spiro atoms. The number of aryl methyl sites for hydroxylation is 2. The molecule has 0 aliphatic heterocycles. The summed E-state index contributed by atoms with van der Waals surface area (Å²) in [6.45, 7) is 10.1. The maximum atomic E-state index is 8.58. The highest BCUT2D eigenvalue weighted by molar-refractivity contribution is 5.43. The molecule has 0 unspecified atom stereocenters. The molecule has 0 bridgehead atoms. The van der Waals surface area contributed by atoms with E-state index >= 15 is 0 Å². The molecule has 0 radical (unpaired) electrons. The van der Waals surface area contributed by atoms with Crippen molar-refractivity contribution in [1.29, 1.82) is 5.26 Å². The molecule has 1 aromatic rings. The van der Waals surface area contributed by atoms with Gasteiger partial charge >= 0.3 is 0 Å². The summed E-state index contributed by atoms with van der Waals surface area (Å²) in [7, 11) is 0. The molecule has 0 saturated carbocycles. The van der Waals surface area contributed by atoms with Gasteiger partial charge in [-0.3, -0.25) is 0 Å². The van der Waals surface area contributed by atoms with Crippen molar-refractivity contribution in [1.82, 2.24) is 9.97 Å². The smallest absolute Gasteiger partial charge is 0.291 e. The van der Waals surface area contributed by atoms with Gasteiger partial charge in [0.05, 0.1) is 5.69 Å². The second-order valence-corrected chi connectivity index (χ2v) is 2.29. The van der Waals surface area contributed by atoms with Crippen LogP contribution < -0.4 is 0 Å². The Kier molecular flexibility index (Phi) is 2.02.